The van der Waals surface area contributed by atoms with Crippen LogP contribution in [0, 0.1) is 36.5 Å². The Morgan fingerprint density at radius 2 is 1.49 bits per heavy atom. The van der Waals surface area contributed by atoms with E-state index < -0.39 is 160 Å². The number of alkyl halides is 2. The van der Waals surface area contributed by atoms with Crippen molar-refractivity contribution >= 4 is 194 Å². The summed E-state index contributed by atoms with van der Waals surface area (Å²) in [6.45, 7) is 11.6. The molecule has 134 heavy (non-hydrogen) atoms. The van der Waals surface area contributed by atoms with Gasteiger partial charge < -0.3 is 82.4 Å². The molecular weight excluding hydrogens is 1840 g/mol. The summed E-state index contributed by atoms with van der Waals surface area (Å²) in [7, 11) is 0.348. The minimum Gasteiger partial charge on any atom is -0.480 e. The number of nitrogens with zero attached hydrogens (tertiary/aromatic N) is 8. The molecule has 0 saturated heterocycles. The van der Waals surface area contributed by atoms with Crippen LogP contribution >= 0.6 is 44.8 Å². The van der Waals surface area contributed by atoms with Crippen molar-refractivity contribution in [2.24, 2.45) is 46.6 Å². The van der Waals surface area contributed by atoms with E-state index >= 15 is 0 Å². The number of anilines is 3. The molecule has 5 aliphatic rings. The van der Waals surface area contributed by atoms with Gasteiger partial charge in [-0.05, 0) is 125 Å². The second-order valence-electron chi connectivity index (χ2n) is 32.7. The van der Waals surface area contributed by atoms with Gasteiger partial charge in [-0.3, -0.25) is 77.7 Å². The summed E-state index contributed by atoms with van der Waals surface area (Å²) in [5.74, 6) is -12.8. The van der Waals surface area contributed by atoms with E-state index in [0.717, 1.165) is 61.7 Å². The molecule has 0 saturated carbocycles. The molecule has 8 heterocycles. The molecule has 47 heteroatoms. The summed E-state index contributed by atoms with van der Waals surface area (Å²) in [6, 6.07) is 4.55. The normalized spacial score (nSPS) is 19.0. The first-order valence-electron chi connectivity index (χ1n) is 43.3. The van der Waals surface area contributed by atoms with Crippen LogP contribution < -0.4 is 69.6 Å². The van der Waals surface area contributed by atoms with Crippen molar-refractivity contribution in [2.45, 2.75) is 155 Å². The fraction of sp³-hybridized carbons (Fsp3) is 0.471. The number of nitrogens with one attached hydrogen (secondary N) is 12. The Hall–Kier alpha value is -12.6. The number of hydrazine groups is 1. The predicted molar refractivity (Wildman–Crippen MR) is 502 cm³/mol. The highest BCUT2D eigenvalue weighted by molar-refractivity contribution is 8.76. The van der Waals surface area contributed by atoms with Gasteiger partial charge in [0.05, 0.1) is 66.2 Å². The van der Waals surface area contributed by atoms with Crippen molar-refractivity contribution in [2.75, 3.05) is 84.9 Å². The summed E-state index contributed by atoms with van der Waals surface area (Å²) in [6.07, 6.45) is 3.83. The summed E-state index contributed by atoms with van der Waals surface area (Å²) >= 11 is 12.2. The zero-order valence-electron chi connectivity index (χ0n) is 74.6. The van der Waals surface area contributed by atoms with Gasteiger partial charge in [0.25, 0.3) is 27.5 Å². The van der Waals surface area contributed by atoms with Gasteiger partial charge in [0.2, 0.25) is 35.5 Å². The van der Waals surface area contributed by atoms with Crippen LogP contribution in [0.25, 0.3) is 33.8 Å². The summed E-state index contributed by atoms with van der Waals surface area (Å²) in [5.41, 5.74) is 19.8. The number of aryl methyl sites for hydroxylation is 2. The maximum atomic E-state index is 14.7. The van der Waals surface area contributed by atoms with E-state index in [1.807, 2.05) is 62.7 Å². The number of methoxy groups -OCH3 is 1. The van der Waals surface area contributed by atoms with E-state index in [1.54, 1.807) is 6.92 Å². The molecule has 0 fully saturated rings. The first-order valence-corrected chi connectivity index (χ1v) is 48.5. The zero-order chi connectivity index (χ0) is 97.1. The number of amides is 8. The van der Waals surface area contributed by atoms with Crippen molar-refractivity contribution in [3.63, 3.8) is 0 Å². The highest BCUT2D eigenvalue weighted by atomic mass is 35.5. The summed E-state index contributed by atoms with van der Waals surface area (Å²) in [5, 5.41) is 41.6. The number of ether oxygens (including phenoxy) is 2. The zero-order valence-corrected chi connectivity index (χ0v) is 78.6. The highest BCUT2D eigenvalue weighted by Gasteiger charge is 2.49. The Kier molecular flexibility index (Phi) is 35.3. The number of carboxylic acids is 2. The van der Waals surface area contributed by atoms with Crippen LogP contribution in [0.5, 0.6) is 0 Å². The van der Waals surface area contributed by atoms with Crippen molar-refractivity contribution < 1.29 is 95.0 Å². The van der Waals surface area contributed by atoms with Gasteiger partial charge in [0.15, 0.2) is 22.7 Å². The monoisotopic (exact) mass is 1950 g/mol. The summed E-state index contributed by atoms with van der Waals surface area (Å²) in [4.78, 5) is 224. The number of aromatic amines is 2. The smallest absolute Gasteiger partial charge is 0.426 e. The minimum atomic E-state index is -4.58. The molecule has 1 aliphatic carbocycles. The minimum absolute atomic E-state index is 0.00139. The molecule has 11 rings (SSSR count). The molecule has 4 aromatic heterocycles. The molecule has 8 bridgehead atoms. The number of ketones is 2. The summed E-state index contributed by atoms with van der Waals surface area (Å²) < 4.78 is 44.5. The molecule has 6 aromatic rings. The van der Waals surface area contributed by atoms with Crippen molar-refractivity contribution in [1.29, 1.82) is 0 Å². The number of Topliss-reactive ketones (excluding diaryl/α,β-unsaturated/α-hetero) is 2. The van der Waals surface area contributed by atoms with Gasteiger partial charge in [-0.25, -0.2) is 34.8 Å². The number of imidazole rings is 1. The second kappa shape index (κ2) is 46.4. The number of carboxylic acid groups (broad SMARTS) is 2. The number of carbonyl (C=O) groups is 13. The van der Waals surface area contributed by atoms with Gasteiger partial charge in [-0.15, -0.1) is 23.2 Å². The average Bonchev–Trinajstić information content (AvgIpc) is 1.56. The number of nitrogens with two attached hydrogens (primary N) is 1. The number of aliphatic carboxylic acids is 2. The van der Waals surface area contributed by atoms with E-state index in [4.69, 9.17) is 53.4 Å². The molecule has 3 unspecified atom stereocenters. The molecule has 0 radical (unpaired) electrons. The van der Waals surface area contributed by atoms with Gasteiger partial charge in [0.1, 0.15) is 42.5 Å². The maximum absolute atomic E-state index is 14.7. The topological polar surface area (TPSA) is 615 Å². The molecule has 17 N–H and O–H groups in total. The third kappa shape index (κ3) is 25.9. The lowest BCUT2D eigenvalue weighted by molar-refractivity contribution is -0.142. The number of aliphatic imine (C=N–C) groups is 2. The van der Waals surface area contributed by atoms with Crippen LogP contribution in [0.1, 0.15) is 154 Å². The van der Waals surface area contributed by atoms with Crippen LogP contribution in [-0.4, -0.2) is 245 Å². The van der Waals surface area contributed by atoms with Crippen molar-refractivity contribution in [1.82, 2.24) is 82.5 Å². The van der Waals surface area contributed by atoms with Crippen LogP contribution in [0.15, 0.2) is 97.8 Å². The first-order chi connectivity index (χ1) is 63.9. The van der Waals surface area contributed by atoms with Crippen LogP contribution in [0.2, 0.25) is 0 Å². The number of aromatic nitrogens is 7. The number of hydrogen-bond donors (Lipinski definition) is 16. The van der Waals surface area contributed by atoms with Gasteiger partial charge in [-0.2, -0.15) is 13.4 Å². The van der Waals surface area contributed by atoms with Crippen molar-refractivity contribution in [3.05, 3.63) is 133 Å². The van der Waals surface area contributed by atoms with Crippen LogP contribution in [-0.2, 0) is 87.6 Å². The van der Waals surface area contributed by atoms with E-state index in [9.17, 15) is 90.3 Å². The number of H-pyrrole nitrogens is 2. The van der Waals surface area contributed by atoms with E-state index in [-0.39, 0.29) is 110 Å². The predicted octanol–water partition coefficient (Wildman–Crippen LogP) is 5.18. The number of rotatable bonds is 45. The quantitative estimate of drug-likeness (QED) is 0.00445. The Bertz CT molecular complexity index is 5950. The average molecular weight is 1950 g/mol. The third-order valence-corrected chi connectivity index (χ3v) is 27.1. The highest BCUT2D eigenvalue weighted by Crippen LogP contribution is 2.50. The van der Waals surface area contributed by atoms with Crippen LogP contribution in [0.4, 0.5) is 22.1 Å². The standard InChI is InChI=1S/C87H107Cl2N21O21S3/c1-9-51-42(2)56-37-61-70(46(6)111)44(4)58(97-61)35-57-43(3)52(74(101-57)72-73(85(125)130-8)77(116)71-45(5)59(102-75(71)72)36-60(51)96-56)20-23-66(112)91-27-11-12-54(99-67(113)14-10-13-65-98-53-21-19-50(34-64(53)109(65)7)110(29-25-88)30-26-89)81(119)107-108-87(126)131-31-32-132-133-41-63(84(123)124)104-80(118)62(38-69(115)92-28-33-134(127,128)129)100-68(114)24-22-55(83(121)122)103-79(117)47-15-17-48(18-16-47)93-39-49-40-94-78-76(95-49)82(120)106-86(90)105-78/h15-19,21,34-36,40,42-43,51-52,54-55,61-63,73,93,97,102H,9-14,20,22-33,37-39,41H2,1-8H3,(H,91,112)(H,92,115)(H,99,113)(H,100,114)(H,103,117)(H,104,118)(H,107,119)(H,108,126)(H,121,122)(H,123,124)(H,127,128,129)(H3,90,94,105,106,120)/b58-35?,60-36-,74-72-/t42-,43+,51-,52+,54?,55+,61?,62+,63+,73?/m1/s1. The molecule has 2 aromatic carbocycles. The van der Waals surface area contributed by atoms with Crippen molar-refractivity contribution in [3.8, 4) is 0 Å². The molecule has 718 valence electrons. The number of fused-ring (bicyclic) bond motifs is 7. The number of nitrogen functional groups attached to an aromatic ring is 1. The number of benzene rings is 2. The molecular formula is C87H107Cl2N21O21S3. The third-order valence-electron chi connectivity index (χ3n) is 23.7. The molecule has 4 aliphatic heterocycles. The Morgan fingerprint density at radius 3 is 2.19 bits per heavy atom. The van der Waals surface area contributed by atoms with E-state index in [1.165, 1.54) is 37.6 Å². The van der Waals surface area contributed by atoms with Crippen LogP contribution in [0.3, 0.4) is 0 Å². The molecule has 0 spiro atoms. The van der Waals surface area contributed by atoms with Gasteiger partial charge in [0, 0.05) is 174 Å². The molecule has 10 atom stereocenters. The molecule has 8 amide bonds. The maximum Gasteiger partial charge on any atom is 0.426 e. The lowest BCUT2D eigenvalue weighted by atomic mass is 9.83. The van der Waals surface area contributed by atoms with Gasteiger partial charge in [-0.1, -0.05) is 42.4 Å². The largest absolute Gasteiger partial charge is 0.480 e. The number of halogens is 2. The number of carbonyl (C=O) groups excluding carboxylic acids is 11. The van der Waals surface area contributed by atoms with E-state index in [2.05, 4.69) is 97.1 Å². The number of hydrogen-bond acceptors (Lipinski definition) is 30. The fourth-order valence-corrected chi connectivity index (χ4v) is 19.4. The van der Waals surface area contributed by atoms with Gasteiger partial charge >= 0.3 is 24.0 Å². The molecule has 42 nitrogen and oxygen atoms in total. The first kappa shape index (κ1) is 102. The number of allylic oxidation sites excluding steroid dienone is 4. The second-order valence-corrected chi connectivity index (χ2v) is 37.6. The number of esters is 1. The Balaban J connectivity index is 0.693. The SMILES string of the molecule is CC[C@H]1/C2=C/c3[nH]c4c(c3C)C(=O)C(C(=O)OC)/C4=C3/N=C(C=C4NC(CC(=N2)[C@@H]1C)C(C(C)=O)=C4C)[C@@H](C)[C@@H]3CCC(=O)NCCCC(NC(=O)CCCc1nc2ccc(N(CCCl)CCCl)cc2n1C)C(=O)NNC(=O)OCCSSC[C@H](NC(=O)[C@H](CC(=O)NCCS(=O)(=O)O)NC(=O)CC[C@H](NC(=O)c1ccc(NCc2cnc3nc(N)[nH]c(=O)c3n2)cc1)C(=O)O)C(=O)O. The fourth-order valence-electron chi connectivity index (χ4n) is 16.7. The van der Waals surface area contributed by atoms with E-state index in [0.29, 0.717) is 112 Å². The lowest BCUT2D eigenvalue weighted by Gasteiger charge is -2.22. The Labute approximate surface area is 787 Å². The Morgan fingerprint density at radius 1 is 0.776 bits per heavy atom. The lowest BCUT2D eigenvalue weighted by Crippen LogP contribution is -2.54.